The highest BCUT2D eigenvalue weighted by molar-refractivity contribution is 6.35. The third kappa shape index (κ3) is 2.92. The van der Waals surface area contributed by atoms with E-state index < -0.39 is 5.97 Å². The predicted octanol–water partition coefficient (Wildman–Crippen LogP) is 4.43. The van der Waals surface area contributed by atoms with E-state index in [1.165, 1.54) is 12.4 Å². The molecule has 0 radical (unpaired) electrons. The zero-order valence-corrected chi connectivity index (χ0v) is 14.1. The zero-order valence-electron chi connectivity index (χ0n) is 11.8. The van der Waals surface area contributed by atoms with Gasteiger partial charge in [0.2, 0.25) is 0 Å². The third-order valence-electron chi connectivity index (χ3n) is 4.67. The summed E-state index contributed by atoms with van der Waals surface area (Å²) in [5.41, 5.74) is 0.912. The molecule has 2 fully saturated rings. The summed E-state index contributed by atoms with van der Waals surface area (Å²) in [6.45, 7) is 0. The molecular formula is C15H17Cl3N2O2. The van der Waals surface area contributed by atoms with Gasteiger partial charge in [0, 0.05) is 22.1 Å². The summed E-state index contributed by atoms with van der Waals surface area (Å²) in [4.78, 5) is 13.6. The molecule has 0 saturated carbocycles. The molecule has 2 atom stereocenters. The Bertz CT molecular complexity index is 595. The summed E-state index contributed by atoms with van der Waals surface area (Å²) in [5.74, 6) is -0.870. The summed E-state index contributed by atoms with van der Waals surface area (Å²) in [6.07, 6.45) is 5.22. The number of halogens is 3. The molecule has 0 amide bonds. The summed E-state index contributed by atoms with van der Waals surface area (Å²) in [7, 11) is 0. The van der Waals surface area contributed by atoms with Crippen LogP contribution in [-0.2, 0) is 0 Å². The molecule has 2 aliphatic heterocycles. The van der Waals surface area contributed by atoms with Crippen LogP contribution in [0, 0.1) is 5.41 Å². The Kier molecular flexibility index (Phi) is 5.25. The van der Waals surface area contributed by atoms with Crippen LogP contribution in [0.2, 0.25) is 10.0 Å². The fourth-order valence-electron chi connectivity index (χ4n) is 3.84. The van der Waals surface area contributed by atoms with Gasteiger partial charge in [0.15, 0.2) is 0 Å². The predicted molar refractivity (Wildman–Crippen MR) is 90.1 cm³/mol. The summed E-state index contributed by atoms with van der Waals surface area (Å²) < 4.78 is 0. The second-order valence-electron chi connectivity index (χ2n) is 5.78. The Hall–Kier alpha value is -0.970. The standard InChI is InChI=1S/C15H16Cl2N2O2.ClH/c16-9-5-12(15(20)21)14(13(17)6-9)8-3-10-1-2-11(4-8)19(10)7-18;/h5-8,10-11,18H,1-4H2,(H,20,21);1H. The average Bonchev–Trinajstić information content (AvgIpc) is 2.66. The van der Waals surface area contributed by atoms with Crippen LogP contribution >= 0.6 is 35.6 Å². The van der Waals surface area contributed by atoms with Crippen LogP contribution in [0.5, 0.6) is 0 Å². The molecule has 0 aromatic heterocycles. The van der Waals surface area contributed by atoms with Crippen molar-refractivity contribution in [2.45, 2.75) is 43.7 Å². The maximum absolute atomic E-state index is 11.5. The molecule has 22 heavy (non-hydrogen) atoms. The van der Waals surface area contributed by atoms with E-state index >= 15 is 0 Å². The van der Waals surface area contributed by atoms with Gasteiger partial charge in [-0.1, -0.05) is 23.2 Å². The monoisotopic (exact) mass is 362 g/mol. The molecular weight excluding hydrogens is 347 g/mol. The number of piperidine rings is 1. The summed E-state index contributed by atoms with van der Waals surface area (Å²) >= 11 is 12.2. The number of nitrogens with zero attached hydrogens (tertiary/aromatic N) is 1. The molecule has 7 heteroatoms. The lowest BCUT2D eigenvalue weighted by Crippen LogP contribution is -2.41. The minimum absolute atomic E-state index is 0. The normalized spacial score (nSPS) is 26.5. The van der Waals surface area contributed by atoms with Gasteiger partial charge < -0.3 is 10.0 Å². The lowest BCUT2D eigenvalue weighted by molar-refractivity contribution is 0.0694. The number of nitrogens with one attached hydrogen (secondary N) is 1. The zero-order chi connectivity index (χ0) is 15.1. The molecule has 2 unspecified atom stereocenters. The number of rotatable bonds is 3. The lowest BCUT2D eigenvalue weighted by atomic mass is 9.83. The largest absolute Gasteiger partial charge is 0.478 e. The number of carbonyl (C=O) groups is 1. The Balaban J connectivity index is 0.00000176. The van der Waals surface area contributed by atoms with Crippen molar-refractivity contribution in [1.29, 1.82) is 5.41 Å². The molecule has 2 saturated heterocycles. The SMILES string of the molecule is Cl.N=CN1C2CCC1CC(c1c(Cl)cc(Cl)cc1C(=O)O)C2. The maximum atomic E-state index is 11.5. The van der Waals surface area contributed by atoms with E-state index in [1.54, 1.807) is 6.07 Å². The molecule has 3 rings (SSSR count). The fraction of sp³-hybridized carbons (Fsp3) is 0.467. The summed E-state index contributed by atoms with van der Waals surface area (Å²) in [6, 6.07) is 3.74. The minimum Gasteiger partial charge on any atom is -0.478 e. The highest BCUT2D eigenvalue weighted by Gasteiger charge is 2.41. The second-order valence-corrected chi connectivity index (χ2v) is 6.63. The molecule has 2 aliphatic rings. The Labute approximate surface area is 145 Å². The molecule has 0 aliphatic carbocycles. The van der Waals surface area contributed by atoms with Gasteiger partial charge in [-0.25, -0.2) is 4.79 Å². The molecule has 1 aromatic rings. The third-order valence-corrected chi connectivity index (χ3v) is 5.20. The van der Waals surface area contributed by atoms with Gasteiger partial charge in [-0.15, -0.1) is 12.4 Å². The number of fused-ring (bicyclic) bond motifs is 2. The highest BCUT2D eigenvalue weighted by atomic mass is 35.5. The summed E-state index contributed by atoms with van der Waals surface area (Å²) in [5, 5.41) is 17.7. The van der Waals surface area contributed by atoms with Crippen molar-refractivity contribution in [2.75, 3.05) is 0 Å². The Morgan fingerprint density at radius 3 is 2.36 bits per heavy atom. The fourth-order valence-corrected chi connectivity index (χ4v) is 4.48. The van der Waals surface area contributed by atoms with Gasteiger partial charge in [0.05, 0.1) is 11.9 Å². The smallest absolute Gasteiger partial charge is 0.336 e. The van der Waals surface area contributed by atoms with E-state index in [2.05, 4.69) is 4.90 Å². The Morgan fingerprint density at radius 1 is 1.27 bits per heavy atom. The van der Waals surface area contributed by atoms with E-state index in [1.807, 2.05) is 0 Å². The van der Waals surface area contributed by atoms with Crippen LogP contribution < -0.4 is 0 Å². The van der Waals surface area contributed by atoms with Gasteiger partial charge in [-0.2, -0.15) is 0 Å². The molecule has 0 spiro atoms. The van der Waals surface area contributed by atoms with Crippen LogP contribution in [0.1, 0.15) is 47.5 Å². The molecule has 2 N–H and O–H groups in total. The second kappa shape index (κ2) is 6.65. The van der Waals surface area contributed by atoms with Crippen LogP contribution in [0.25, 0.3) is 0 Å². The van der Waals surface area contributed by atoms with Gasteiger partial charge in [0.25, 0.3) is 0 Å². The van der Waals surface area contributed by atoms with Gasteiger partial charge in [0.1, 0.15) is 0 Å². The first kappa shape index (κ1) is 17.4. The van der Waals surface area contributed by atoms with Gasteiger partial charge in [-0.05, 0) is 49.3 Å². The van der Waals surface area contributed by atoms with E-state index in [0.29, 0.717) is 27.7 Å². The molecule has 4 nitrogen and oxygen atoms in total. The number of carboxylic acids is 1. The number of aromatic carboxylic acids is 1. The first-order valence-corrected chi connectivity index (χ1v) is 7.77. The molecule has 120 valence electrons. The quantitative estimate of drug-likeness (QED) is 0.616. The van der Waals surface area contributed by atoms with Crippen LogP contribution in [0.15, 0.2) is 12.1 Å². The maximum Gasteiger partial charge on any atom is 0.336 e. The number of hydrogen-bond acceptors (Lipinski definition) is 2. The Morgan fingerprint density at radius 2 is 1.86 bits per heavy atom. The van der Waals surface area contributed by atoms with Crippen molar-refractivity contribution >= 4 is 47.9 Å². The average molecular weight is 364 g/mol. The van der Waals surface area contributed by atoms with Crippen LogP contribution in [0.3, 0.4) is 0 Å². The van der Waals surface area contributed by atoms with Crippen molar-refractivity contribution in [3.8, 4) is 0 Å². The van der Waals surface area contributed by atoms with E-state index in [9.17, 15) is 9.90 Å². The molecule has 2 bridgehead atoms. The van der Waals surface area contributed by atoms with E-state index in [-0.39, 0.29) is 23.9 Å². The number of benzene rings is 1. The first-order valence-electron chi connectivity index (χ1n) is 7.01. The number of carboxylic acid groups (broad SMARTS) is 1. The van der Waals surface area contributed by atoms with Crippen LogP contribution in [-0.4, -0.2) is 34.4 Å². The van der Waals surface area contributed by atoms with Crippen molar-refractivity contribution in [3.63, 3.8) is 0 Å². The first-order chi connectivity index (χ1) is 10.0. The van der Waals surface area contributed by atoms with Crippen molar-refractivity contribution in [2.24, 2.45) is 0 Å². The van der Waals surface area contributed by atoms with E-state index in [4.69, 9.17) is 28.6 Å². The van der Waals surface area contributed by atoms with Crippen molar-refractivity contribution in [1.82, 2.24) is 4.90 Å². The molecule has 2 heterocycles. The topological polar surface area (TPSA) is 64.4 Å². The van der Waals surface area contributed by atoms with E-state index in [0.717, 1.165) is 25.7 Å². The van der Waals surface area contributed by atoms with Gasteiger partial charge >= 0.3 is 5.97 Å². The van der Waals surface area contributed by atoms with Crippen molar-refractivity contribution in [3.05, 3.63) is 33.3 Å². The number of hydrogen-bond donors (Lipinski definition) is 2. The highest BCUT2D eigenvalue weighted by Crippen LogP contribution is 2.45. The van der Waals surface area contributed by atoms with Crippen LogP contribution in [0.4, 0.5) is 0 Å². The van der Waals surface area contributed by atoms with Gasteiger partial charge in [-0.3, -0.25) is 5.41 Å². The van der Waals surface area contributed by atoms with Crippen molar-refractivity contribution < 1.29 is 9.90 Å². The lowest BCUT2D eigenvalue weighted by Gasteiger charge is -2.38. The molecule has 1 aromatic carbocycles. The minimum atomic E-state index is -0.990.